The summed E-state index contributed by atoms with van der Waals surface area (Å²) >= 11 is 1.92. The average Bonchev–Trinajstić information content (AvgIpc) is 1.85. The molecule has 2 heteroatoms. The molecule has 0 saturated heterocycles. The Balaban J connectivity index is 2.01. The van der Waals surface area contributed by atoms with Gasteiger partial charge >= 0.3 is 0 Å². The van der Waals surface area contributed by atoms with Crippen LogP contribution in [0.4, 0.5) is 0 Å². The van der Waals surface area contributed by atoms with E-state index in [9.17, 15) is 0 Å². The third kappa shape index (κ3) is 2.17. The van der Waals surface area contributed by atoms with Crippen LogP contribution in [0.1, 0.15) is 32.1 Å². The van der Waals surface area contributed by atoms with Gasteiger partial charge in [-0.3, -0.25) is 0 Å². The van der Waals surface area contributed by atoms with Crippen LogP contribution in [0.5, 0.6) is 0 Å². The van der Waals surface area contributed by atoms with Gasteiger partial charge in [0.15, 0.2) is 0 Å². The molecule has 0 aliphatic heterocycles. The van der Waals surface area contributed by atoms with Crippen molar-refractivity contribution < 1.29 is 0 Å². The molecule has 0 unspecified atom stereocenters. The molecule has 60 valence electrons. The van der Waals surface area contributed by atoms with Gasteiger partial charge in [0.1, 0.15) is 0 Å². The largest absolute Gasteiger partial charge is 0.325 e. The van der Waals surface area contributed by atoms with Crippen LogP contribution in [0.2, 0.25) is 0 Å². The van der Waals surface area contributed by atoms with Gasteiger partial charge in [0.25, 0.3) is 0 Å². The Morgan fingerprint density at radius 3 is 2.60 bits per heavy atom. The molecule has 0 heterocycles. The first-order valence-corrected chi connectivity index (χ1v) is 5.44. The topological polar surface area (TPSA) is 26.0 Å². The average molecular weight is 159 g/mol. The van der Waals surface area contributed by atoms with Crippen molar-refractivity contribution in [2.24, 2.45) is 5.73 Å². The SMILES string of the molecule is CSCCCC1(N)CCC1. The molecular formula is C8H17NS. The molecule has 0 radical (unpaired) electrons. The molecule has 1 rings (SSSR count). The smallest absolute Gasteiger partial charge is 0.0154 e. The minimum absolute atomic E-state index is 0.260. The number of thioether (sulfide) groups is 1. The predicted molar refractivity (Wildman–Crippen MR) is 48.4 cm³/mol. The molecule has 2 N–H and O–H groups in total. The standard InChI is InChI=1S/C8H17NS/c1-10-7-3-6-8(9)4-2-5-8/h2-7,9H2,1H3. The molecule has 0 amide bonds. The Hall–Kier alpha value is 0.310. The van der Waals surface area contributed by atoms with Crippen LogP contribution in [-0.2, 0) is 0 Å². The van der Waals surface area contributed by atoms with Crippen molar-refractivity contribution in [3.05, 3.63) is 0 Å². The Bertz CT molecular complexity index is 99.4. The third-order valence-corrected chi connectivity index (χ3v) is 3.07. The molecule has 0 aromatic rings. The normalized spacial score (nSPS) is 22.2. The molecule has 1 aliphatic rings. The van der Waals surface area contributed by atoms with Gasteiger partial charge in [-0.2, -0.15) is 11.8 Å². The van der Waals surface area contributed by atoms with E-state index in [1.54, 1.807) is 0 Å². The van der Waals surface area contributed by atoms with E-state index in [-0.39, 0.29) is 5.54 Å². The summed E-state index contributed by atoms with van der Waals surface area (Å²) in [6.07, 6.45) is 8.59. The maximum Gasteiger partial charge on any atom is 0.0154 e. The van der Waals surface area contributed by atoms with Crippen molar-refractivity contribution >= 4 is 11.8 Å². The van der Waals surface area contributed by atoms with Crippen molar-refractivity contribution in [1.29, 1.82) is 0 Å². The van der Waals surface area contributed by atoms with Gasteiger partial charge in [-0.25, -0.2) is 0 Å². The lowest BCUT2D eigenvalue weighted by atomic mass is 9.75. The van der Waals surface area contributed by atoms with Gasteiger partial charge < -0.3 is 5.73 Å². The fraction of sp³-hybridized carbons (Fsp3) is 1.00. The van der Waals surface area contributed by atoms with Crippen LogP contribution in [0, 0.1) is 0 Å². The quantitative estimate of drug-likeness (QED) is 0.635. The van der Waals surface area contributed by atoms with Gasteiger partial charge in [0.05, 0.1) is 0 Å². The Kier molecular flexibility index (Phi) is 3.05. The van der Waals surface area contributed by atoms with E-state index >= 15 is 0 Å². The number of hydrogen-bond acceptors (Lipinski definition) is 2. The summed E-state index contributed by atoms with van der Waals surface area (Å²) in [5.41, 5.74) is 6.29. The first kappa shape index (κ1) is 8.41. The first-order chi connectivity index (χ1) is 4.77. The molecule has 0 aromatic heterocycles. The Morgan fingerprint density at radius 1 is 1.50 bits per heavy atom. The van der Waals surface area contributed by atoms with Crippen molar-refractivity contribution in [2.45, 2.75) is 37.6 Å². The van der Waals surface area contributed by atoms with Crippen LogP contribution in [0.25, 0.3) is 0 Å². The van der Waals surface area contributed by atoms with Crippen LogP contribution in [0.15, 0.2) is 0 Å². The maximum absolute atomic E-state index is 6.03. The summed E-state index contributed by atoms with van der Waals surface area (Å²) in [6, 6.07) is 0. The van der Waals surface area contributed by atoms with E-state index in [0.29, 0.717) is 0 Å². The molecule has 1 saturated carbocycles. The lowest BCUT2D eigenvalue weighted by Gasteiger charge is -2.38. The first-order valence-electron chi connectivity index (χ1n) is 4.05. The van der Waals surface area contributed by atoms with Gasteiger partial charge in [-0.1, -0.05) is 0 Å². The van der Waals surface area contributed by atoms with E-state index in [0.717, 1.165) is 0 Å². The second kappa shape index (κ2) is 3.63. The highest BCUT2D eigenvalue weighted by molar-refractivity contribution is 7.98. The fourth-order valence-electron chi connectivity index (χ4n) is 1.45. The summed E-state index contributed by atoms with van der Waals surface area (Å²) in [6.45, 7) is 0. The van der Waals surface area contributed by atoms with Gasteiger partial charge in [0, 0.05) is 5.54 Å². The van der Waals surface area contributed by atoms with E-state index in [2.05, 4.69) is 6.26 Å². The molecule has 1 aliphatic carbocycles. The second-order valence-electron chi connectivity index (χ2n) is 3.31. The molecule has 10 heavy (non-hydrogen) atoms. The number of rotatable bonds is 4. The number of hydrogen-bond donors (Lipinski definition) is 1. The zero-order valence-corrected chi connectivity index (χ0v) is 7.54. The number of nitrogens with two attached hydrogens (primary N) is 1. The zero-order chi connectivity index (χ0) is 7.45. The summed E-state index contributed by atoms with van der Waals surface area (Å²) in [7, 11) is 0. The Labute approximate surface area is 67.8 Å². The monoisotopic (exact) mass is 159 g/mol. The lowest BCUT2D eigenvalue weighted by Crippen LogP contribution is -2.46. The molecule has 1 nitrogen and oxygen atoms in total. The van der Waals surface area contributed by atoms with Crippen LogP contribution in [-0.4, -0.2) is 17.5 Å². The molecule has 0 bridgehead atoms. The minimum atomic E-state index is 0.260. The van der Waals surface area contributed by atoms with E-state index < -0.39 is 0 Å². The highest BCUT2D eigenvalue weighted by atomic mass is 32.2. The summed E-state index contributed by atoms with van der Waals surface area (Å²) < 4.78 is 0. The Morgan fingerprint density at radius 2 is 2.20 bits per heavy atom. The molecule has 1 fully saturated rings. The van der Waals surface area contributed by atoms with Crippen LogP contribution < -0.4 is 5.73 Å². The van der Waals surface area contributed by atoms with Crippen LogP contribution >= 0.6 is 11.8 Å². The van der Waals surface area contributed by atoms with Crippen molar-refractivity contribution in [3.8, 4) is 0 Å². The minimum Gasteiger partial charge on any atom is -0.325 e. The highest BCUT2D eigenvalue weighted by Crippen LogP contribution is 2.33. The van der Waals surface area contributed by atoms with E-state index in [1.165, 1.54) is 37.9 Å². The summed E-state index contributed by atoms with van der Waals surface area (Å²) in [5, 5.41) is 0. The van der Waals surface area contributed by atoms with Gasteiger partial charge in [0.2, 0.25) is 0 Å². The predicted octanol–water partition coefficient (Wildman–Crippen LogP) is 2.01. The highest BCUT2D eigenvalue weighted by Gasteiger charge is 2.31. The molecule has 0 aromatic carbocycles. The summed E-state index contributed by atoms with van der Waals surface area (Å²) in [5.74, 6) is 1.28. The maximum atomic E-state index is 6.03. The lowest BCUT2D eigenvalue weighted by molar-refractivity contribution is 0.230. The van der Waals surface area contributed by atoms with Gasteiger partial charge in [-0.15, -0.1) is 0 Å². The molecular weight excluding hydrogens is 142 g/mol. The van der Waals surface area contributed by atoms with Gasteiger partial charge in [-0.05, 0) is 44.1 Å². The van der Waals surface area contributed by atoms with E-state index in [1.807, 2.05) is 11.8 Å². The fourth-order valence-corrected chi connectivity index (χ4v) is 1.88. The molecule has 0 atom stereocenters. The third-order valence-electron chi connectivity index (χ3n) is 2.37. The van der Waals surface area contributed by atoms with Crippen LogP contribution in [0.3, 0.4) is 0 Å². The van der Waals surface area contributed by atoms with E-state index in [4.69, 9.17) is 5.73 Å². The van der Waals surface area contributed by atoms with Crippen molar-refractivity contribution in [2.75, 3.05) is 12.0 Å². The summed E-state index contributed by atoms with van der Waals surface area (Å²) in [4.78, 5) is 0. The second-order valence-corrected chi connectivity index (χ2v) is 4.30. The molecule has 0 spiro atoms. The van der Waals surface area contributed by atoms with Crippen molar-refractivity contribution in [3.63, 3.8) is 0 Å². The zero-order valence-electron chi connectivity index (χ0n) is 6.73. The van der Waals surface area contributed by atoms with Crippen molar-refractivity contribution in [1.82, 2.24) is 0 Å².